The largest absolute Gasteiger partial charge is 0.489 e. The first-order valence-electron chi connectivity index (χ1n) is 8.43. The third kappa shape index (κ3) is 3.54. The zero-order chi connectivity index (χ0) is 18.1. The zero-order valence-corrected chi connectivity index (χ0v) is 16.4. The first-order chi connectivity index (χ1) is 12.6. The number of likely N-dealkylation sites (tertiary alicyclic amines) is 1. The lowest BCUT2D eigenvalue weighted by Gasteiger charge is -2.15. The Balaban J connectivity index is 1.53. The molecule has 0 radical (unpaired) electrons. The summed E-state index contributed by atoms with van der Waals surface area (Å²) in [6, 6.07) is 6.34. The second kappa shape index (κ2) is 7.46. The number of benzene rings is 1. The summed E-state index contributed by atoms with van der Waals surface area (Å²) in [6.07, 6.45) is 3.86. The van der Waals surface area contributed by atoms with E-state index < -0.39 is 5.82 Å². The van der Waals surface area contributed by atoms with Gasteiger partial charge in [0.2, 0.25) is 0 Å². The van der Waals surface area contributed by atoms with Crippen molar-refractivity contribution in [2.75, 3.05) is 26.2 Å². The van der Waals surface area contributed by atoms with Crippen LogP contribution in [0.5, 0.6) is 5.75 Å². The van der Waals surface area contributed by atoms with E-state index in [9.17, 15) is 9.18 Å². The van der Waals surface area contributed by atoms with Crippen LogP contribution in [0.2, 0.25) is 0 Å². The Labute approximate surface area is 162 Å². The fraction of sp³-hybridized carbons (Fsp3) is 0.333. The van der Waals surface area contributed by atoms with Gasteiger partial charge in [0.1, 0.15) is 17.6 Å². The van der Waals surface area contributed by atoms with Crippen LogP contribution in [0.4, 0.5) is 4.39 Å². The van der Waals surface area contributed by atoms with Crippen LogP contribution in [0.15, 0.2) is 39.2 Å². The lowest BCUT2D eigenvalue weighted by molar-refractivity contribution is 0.231. The fourth-order valence-corrected chi connectivity index (χ4v) is 4.58. The smallest absolute Gasteiger partial charge is 0.275 e. The SMILES string of the molecule is O=c1c2sc(Br)cc2ncn1-c1ccc(OCCN2CCCC2)c(F)c1. The summed E-state index contributed by atoms with van der Waals surface area (Å²) in [4.78, 5) is 19.2. The minimum absolute atomic E-state index is 0.203. The van der Waals surface area contributed by atoms with Crippen molar-refractivity contribution in [2.45, 2.75) is 12.8 Å². The molecule has 0 N–H and O–H groups in total. The minimum atomic E-state index is -0.483. The Hall–Kier alpha value is -1.77. The normalized spacial score (nSPS) is 15.0. The summed E-state index contributed by atoms with van der Waals surface area (Å²) in [5, 5.41) is 0. The molecule has 0 amide bonds. The van der Waals surface area contributed by atoms with Crippen LogP contribution >= 0.6 is 27.3 Å². The van der Waals surface area contributed by atoms with Gasteiger partial charge in [-0.05, 0) is 60.1 Å². The van der Waals surface area contributed by atoms with Crippen LogP contribution in [0.25, 0.3) is 15.9 Å². The molecule has 136 valence electrons. The van der Waals surface area contributed by atoms with Crippen molar-refractivity contribution in [2.24, 2.45) is 0 Å². The van der Waals surface area contributed by atoms with Crippen LogP contribution in [0, 0.1) is 5.82 Å². The van der Waals surface area contributed by atoms with Crippen LogP contribution in [0.3, 0.4) is 0 Å². The standard InChI is InChI=1S/C18H17BrFN3O2S/c19-16-10-14-17(26-16)18(24)23(11-21-14)12-3-4-15(13(20)9-12)25-8-7-22-5-1-2-6-22/h3-4,9-11H,1-2,5-8H2. The molecule has 3 aromatic rings. The molecule has 0 atom stereocenters. The highest BCUT2D eigenvalue weighted by atomic mass is 79.9. The predicted molar refractivity (Wildman–Crippen MR) is 104 cm³/mol. The molecule has 0 aliphatic carbocycles. The summed E-state index contributed by atoms with van der Waals surface area (Å²) in [6.45, 7) is 3.42. The van der Waals surface area contributed by atoms with Gasteiger partial charge in [-0.2, -0.15) is 0 Å². The van der Waals surface area contributed by atoms with Crippen molar-refractivity contribution in [3.8, 4) is 11.4 Å². The number of ether oxygens (including phenoxy) is 1. The van der Waals surface area contributed by atoms with E-state index in [2.05, 4.69) is 25.8 Å². The van der Waals surface area contributed by atoms with Gasteiger partial charge < -0.3 is 4.74 Å². The molecule has 0 saturated carbocycles. The molecule has 4 rings (SSSR count). The molecule has 1 aromatic carbocycles. The maximum Gasteiger partial charge on any atom is 0.275 e. The molecule has 0 unspecified atom stereocenters. The fourth-order valence-electron chi connectivity index (χ4n) is 3.11. The number of halogens is 2. The van der Waals surface area contributed by atoms with E-state index >= 15 is 0 Å². The van der Waals surface area contributed by atoms with Crippen LogP contribution in [-0.2, 0) is 0 Å². The van der Waals surface area contributed by atoms with Crippen molar-refractivity contribution in [3.05, 3.63) is 50.6 Å². The molecule has 8 heteroatoms. The van der Waals surface area contributed by atoms with Gasteiger partial charge in [-0.1, -0.05) is 0 Å². The molecular weight excluding hydrogens is 421 g/mol. The van der Waals surface area contributed by atoms with Gasteiger partial charge in [0.25, 0.3) is 5.56 Å². The molecule has 0 bridgehead atoms. The van der Waals surface area contributed by atoms with E-state index in [1.54, 1.807) is 18.2 Å². The molecular formula is C18H17BrFN3O2S. The topological polar surface area (TPSA) is 47.4 Å². The Bertz CT molecular complexity index is 998. The van der Waals surface area contributed by atoms with Crippen LogP contribution < -0.4 is 10.3 Å². The number of hydrogen-bond donors (Lipinski definition) is 0. The first kappa shape index (κ1) is 17.6. The molecule has 5 nitrogen and oxygen atoms in total. The molecule has 1 saturated heterocycles. The molecule has 3 heterocycles. The molecule has 26 heavy (non-hydrogen) atoms. The highest BCUT2D eigenvalue weighted by molar-refractivity contribution is 9.11. The monoisotopic (exact) mass is 437 g/mol. The van der Waals surface area contributed by atoms with Gasteiger partial charge >= 0.3 is 0 Å². The Kier molecular flexibility index (Phi) is 5.06. The molecule has 0 spiro atoms. The van der Waals surface area contributed by atoms with Crippen molar-refractivity contribution < 1.29 is 9.13 Å². The van der Waals surface area contributed by atoms with Gasteiger partial charge in [0.15, 0.2) is 11.6 Å². The Morgan fingerprint density at radius 2 is 2.08 bits per heavy atom. The maximum atomic E-state index is 14.4. The zero-order valence-electron chi connectivity index (χ0n) is 14.0. The van der Waals surface area contributed by atoms with Crippen molar-refractivity contribution in [3.63, 3.8) is 0 Å². The number of rotatable bonds is 5. The van der Waals surface area contributed by atoms with Crippen molar-refractivity contribution >= 4 is 37.5 Å². The summed E-state index contributed by atoms with van der Waals surface area (Å²) < 4.78 is 22.7. The highest BCUT2D eigenvalue weighted by Crippen LogP contribution is 2.26. The molecule has 2 aromatic heterocycles. The average Bonchev–Trinajstić information content (AvgIpc) is 3.26. The number of nitrogens with zero attached hydrogens (tertiary/aromatic N) is 3. The maximum absolute atomic E-state index is 14.4. The van der Waals surface area contributed by atoms with E-state index in [0.717, 1.165) is 23.4 Å². The average molecular weight is 438 g/mol. The van der Waals surface area contributed by atoms with E-state index in [4.69, 9.17) is 4.74 Å². The second-order valence-corrected chi connectivity index (χ2v) is 8.63. The number of thiophene rings is 1. The van der Waals surface area contributed by atoms with Crippen molar-refractivity contribution in [1.82, 2.24) is 14.5 Å². The van der Waals surface area contributed by atoms with Gasteiger partial charge in [-0.15, -0.1) is 11.3 Å². The molecule has 1 aliphatic heterocycles. The van der Waals surface area contributed by atoms with E-state index in [0.29, 0.717) is 22.5 Å². The number of hydrogen-bond acceptors (Lipinski definition) is 5. The lowest BCUT2D eigenvalue weighted by atomic mass is 10.3. The van der Waals surface area contributed by atoms with E-state index in [1.165, 1.54) is 41.1 Å². The van der Waals surface area contributed by atoms with E-state index in [-0.39, 0.29) is 11.3 Å². The van der Waals surface area contributed by atoms with Crippen LogP contribution in [0.1, 0.15) is 12.8 Å². The third-order valence-corrected chi connectivity index (χ3v) is 6.08. The summed E-state index contributed by atoms with van der Waals surface area (Å²) in [5.41, 5.74) is 0.844. The first-order valence-corrected chi connectivity index (χ1v) is 10.0. The number of aromatic nitrogens is 2. The highest BCUT2D eigenvalue weighted by Gasteiger charge is 2.13. The summed E-state index contributed by atoms with van der Waals surface area (Å²) >= 11 is 4.68. The third-order valence-electron chi connectivity index (χ3n) is 4.47. The minimum Gasteiger partial charge on any atom is -0.489 e. The van der Waals surface area contributed by atoms with E-state index in [1.807, 2.05) is 0 Å². The number of fused-ring (bicyclic) bond motifs is 1. The molecule has 1 aliphatic rings. The van der Waals surface area contributed by atoms with Gasteiger partial charge in [-0.3, -0.25) is 14.3 Å². The van der Waals surface area contributed by atoms with Crippen LogP contribution in [-0.4, -0.2) is 40.7 Å². The second-order valence-electron chi connectivity index (χ2n) is 6.20. The van der Waals surface area contributed by atoms with Gasteiger partial charge in [0, 0.05) is 12.6 Å². The lowest BCUT2D eigenvalue weighted by Crippen LogP contribution is -2.25. The quantitative estimate of drug-likeness (QED) is 0.608. The van der Waals surface area contributed by atoms with Gasteiger partial charge in [0.05, 0.1) is 15.0 Å². The predicted octanol–water partition coefficient (Wildman–Crippen LogP) is 3.82. The van der Waals surface area contributed by atoms with Crippen molar-refractivity contribution in [1.29, 1.82) is 0 Å². The van der Waals surface area contributed by atoms with Gasteiger partial charge in [-0.25, -0.2) is 9.37 Å². The Morgan fingerprint density at radius 3 is 2.85 bits per heavy atom. The Morgan fingerprint density at radius 1 is 1.27 bits per heavy atom. The molecule has 1 fully saturated rings. The summed E-state index contributed by atoms with van der Waals surface area (Å²) in [5.74, 6) is -0.280. The summed E-state index contributed by atoms with van der Waals surface area (Å²) in [7, 11) is 0.